The van der Waals surface area contributed by atoms with Crippen LogP contribution < -0.4 is 5.32 Å². The largest absolute Gasteiger partial charge is 0.317 e. The Morgan fingerprint density at radius 1 is 1.21 bits per heavy atom. The number of benzene rings is 1. The molecule has 1 N–H and O–H groups in total. The maximum Gasteiger partial charge on any atom is 0.0685 e. The van der Waals surface area contributed by atoms with Crippen LogP contribution in [0.3, 0.4) is 0 Å². The van der Waals surface area contributed by atoms with Gasteiger partial charge in [0.2, 0.25) is 0 Å². The van der Waals surface area contributed by atoms with E-state index in [2.05, 4.69) is 53.3 Å². The first-order valence-corrected chi connectivity index (χ1v) is 7.22. The van der Waals surface area contributed by atoms with Gasteiger partial charge in [0.25, 0.3) is 0 Å². The number of piperidine rings is 1. The van der Waals surface area contributed by atoms with Crippen LogP contribution in [0, 0.1) is 0 Å². The van der Waals surface area contributed by atoms with Crippen LogP contribution in [0.15, 0.2) is 36.4 Å². The number of nitrogens with zero attached hydrogens (tertiary/aromatic N) is 2. The first-order valence-electron chi connectivity index (χ1n) is 7.22. The predicted molar refractivity (Wildman–Crippen MR) is 78.2 cm³/mol. The fourth-order valence-corrected chi connectivity index (χ4v) is 2.84. The first-order chi connectivity index (χ1) is 9.38. The molecule has 2 aromatic rings. The summed E-state index contributed by atoms with van der Waals surface area (Å²) in [5.74, 6) is 0.622. The second-order valence-corrected chi connectivity index (χ2v) is 5.16. The van der Waals surface area contributed by atoms with Gasteiger partial charge < -0.3 is 5.32 Å². The molecule has 19 heavy (non-hydrogen) atoms. The highest BCUT2D eigenvalue weighted by Crippen LogP contribution is 2.28. The van der Waals surface area contributed by atoms with Crippen LogP contribution in [-0.2, 0) is 6.54 Å². The Morgan fingerprint density at radius 2 is 1.95 bits per heavy atom. The molecule has 1 fully saturated rings. The van der Waals surface area contributed by atoms with Gasteiger partial charge in [-0.3, -0.25) is 4.68 Å². The lowest BCUT2D eigenvalue weighted by Crippen LogP contribution is -2.26. The molecule has 0 unspecified atom stereocenters. The standard InChI is InChI=1S/C16H21N3/c1-2-19-16(14-6-4-3-5-7-14)12-15(18-19)13-8-10-17-11-9-13/h3-7,12-13,17H,2,8-11H2,1H3. The van der Waals surface area contributed by atoms with Crippen molar-refractivity contribution in [2.75, 3.05) is 13.1 Å². The van der Waals surface area contributed by atoms with Gasteiger partial charge in [0.05, 0.1) is 11.4 Å². The van der Waals surface area contributed by atoms with Gasteiger partial charge in [-0.05, 0) is 44.5 Å². The molecule has 3 heteroatoms. The molecule has 0 aliphatic carbocycles. The van der Waals surface area contributed by atoms with Crippen molar-refractivity contribution >= 4 is 0 Å². The molecule has 1 aliphatic rings. The number of aromatic nitrogens is 2. The molecule has 1 aromatic carbocycles. The second kappa shape index (κ2) is 5.57. The summed E-state index contributed by atoms with van der Waals surface area (Å²) >= 11 is 0. The van der Waals surface area contributed by atoms with Gasteiger partial charge >= 0.3 is 0 Å². The van der Waals surface area contributed by atoms with Crippen molar-refractivity contribution in [1.82, 2.24) is 15.1 Å². The third-order valence-corrected chi connectivity index (χ3v) is 3.93. The summed E-state index contributed by atoms with van der Waals surface area (Å²) < 4.78 is 2.13. The van der Waals surface area contributed by atoms with E-state index >= 15 is 0 Å². The molecular formula is C16H21N3. The Bertz CT molecular complexity index is 524. The molecule has 0 saturated carbocycles. The van der Waals surface area contributed by atoms with Crippen molar-refractivity contribution in [1.29, 1.82) is 0 Å². The van der Waals surface area contributed by atoms with Gasteiger partial charge in [-0.25, -0.2) is 0 Å². The average molecular weight is 255 g/mol. The summed E-state index contributed by atoms with van der Waals surface area (Å²) in [5.41, 5.74) is 3.77. The summed E-state index contributed by atoms with van der Waals surface area (Å²) in [7, 11) is 0. The lowest BCUT2D eigenvalue weighted by molar-refractivity contribution is 0.448. The Morgan fingerprint density at radius 3 is 2.63 bits per heavy atom. The van der Waals surface area contributed by atoms with E-state index in [1.54, 1.807) is 0 Å². The van der Waals surface area contributed by atoms with Gasteiger partial charge in [-0.2, -0.15) is 5.10 Å². The zero-order valence-electron chi connectivity index (χ0n) is 11.5. The van der Waals surface area contributed by atoms with Gasteiger partial charge in [-0.15, -0.1) is 0 Å². The Labute approximate surface area is 114 Å². The monoisotopic (exact) mass is 255 g/mol. The zero-order valence-corrected chi connectivity index (χ0v) is 11.5. The van der Waals surface area contributed by atoms with E-state index < -0.39 is 0 Å². The molecule has 1 aliphatic heterocycles. The number of hydrogen-bond acceptors (Lipinski definition) is 2. The molecule has 0 radical (unpaired) electrons. The van der Waals surface area contributed by atoms with Crippen LogP contribution in [0.4, 0.5) is 0 Å². The zero-order chi connectivity index (χ0) is 13.1. The molecule has 3 rings (SSSR count). The van der Waals surface area contributed by atoms with Crippen LogP contribution >= 0.6 is 0 Å². The molecule has 100 valence electrons. The highest BCUT2D eigenvalue weighted by Gasteiger charge is 2.19. The van der Waals surface area contributed by atoms with Gasteiger partial charge in [0.15, 0.2) is 0 Å². The molecule has 1 aromatic heterocycles. The smallest absolute Gasteiger partial charge is 0.0685 e. The quantitative estimate of drug-likeness (QED) is 0.913. The summed E-state index contributed by atoms with van der Waals surface area (Å²) in [4.78, 5) is 0. The van der Waals surface area contributed by atoms with Crippen molar-refractivity contribution in [3.63, 3.8) is 0 Å². The van der Waals surface area contributed by atoms with E-state index in [0.29, 0.717) is 5.92 Å². The van der Waals surface area contributed by atoms with Crippen LogP contribution in [0.2, 0.25) is 0 Å². The normalized spacial score (nSPS) is 16.7. The Balaban J connectivity index is 1.94. The summed E-state index contributed by atoms with van der Waals surface area (Å²) in [6.07, 6.45) is 2.41. The van der Waals surface area contributed by atoms with E-state index in [0.717, 1.165) is 19.6 Å². The molecule has 1 saturated heterocycles. The number of hydrogen-bond donors (Lipinski definition) is 1. The van der Waals surface area contributed by atoms with Gasteiger partial charge in [-0.1, -0.05) is 30.3 Å². The van der Waals surface area contributed by atoms with E-state index in [1.165, 1.54) is 29.8 Å². The van der Waals surface area contributed by atoms with Crippen molar-refractivity contribution in [3.05, 3.63) is 42.1 Å². The first kappa shape index (κ1) is 12.4. The minimum Gasteiger partial charge on any atom is -0.317 e. The van der Waals surface area contributed by atoms with E-state index in [-0.39, 0.29) is 0 Å². The lowest BCUT2D eigenvalue weighted by Gasteiger charge is -2.20. The van der Waals surface area contributed by atoms with Crippen LogP contribution in [-0.4, -0.2) is 22.9 Å². The van der Waals surface area contributed by atoms with E-state index in [4.69, 9.17) is 5.10 Å². The number of rotatable bonds is 3. The lowest BCUT2D eigenvalue weighted by atomic mass is 9.94. The van der Waals surface area contributed by atoms with Crippen LogP contribution in [0.1, 0.15) is 31.4 Å². The van der Waals surface area contributed by atoms with Crippen molar-refractivity contribution < 1.29 is 0 Å². The predicted octanol–water partition coefficient (Wildman–Crippen LogP) is 3.04. The SMILES string of the molecule is CCn1nc(C2CCNCC2)cc1-c1ccccc1. The highest BCUT2D eigenvalue weighted by atomic mass is 15.3. The Hall–Kier alpha value is -1.61. The fraction of sp³-hybridized carbons (Fsp3) is 0.438. The van der Waals surface area contributed by atoms with Gasteiger partial charge in [0, 0.05) is 12.5 Å². The summed E-state index contributed by atoms with van der Waals surface area (Å²) in [6, 6.07) is 12.8. The molecule has 0 spiro atoms. The highest BCUT2D eigenvalue weighted by molar-refractivity contribution is 5.60. The topological polar surface area (TPSA) is 29.9 Å². The van der Waals surface area contributed by atoms with E-state index in [9.17, 15) is 0 Å². The minimum absolute atomic E-state index is 0.622. The molecule has 2 heterocycles. The fourth-order valence-electron chi connectivity index (χ4n) is 2.84. The molecule has 0 bridgehead atoms. The number of aryl methyl sites for hydroxylation is 1. The summed E-state index contributed by atoms with van der Waals surface area (Å²) in [6.45, 7) is 5.31. The third-order valence-electron chi connectivity index (χ3n) is 3.93. The van der Waals surface area contributed by atoms with Crippen LogP contribution in [0.25, 0.3) is 11.3 Å². The molecule has 0 atom stereocenters. The minimum atomic E-state index is 0.622. The third kappa shape index (κ3) is 2.56. The van der Waals surface area contributed by atoms with Crippen molar-refractivity contribution in [3.8, 4) is 11.3 Å². The van der Waals surface area contributed by atoms with Crippen molar-refractivity contribution in [2.24, 2.45) is 0 Å². The molecule has 3 nitrogen and oxygen atoms in total. The van der Waals surface area contributed by atoms with E-state index in [1.807, 2.05) is 0 Å². The molecular weight excluding hydrogens is 234 g/mol. The Kier molecular flexibility index (Phi) is 3.65. The number of nitrogens with one attached hydrogen (secondary N) is 1. The molecule has 0 amide bonds. The maximum atomic E-state index is 4.82. The second-order valence-electron chi connectivity index (χ2n) is 5.16. The van der Waals surface area contributed by atoms with Crippen LogP contribution in [0.5, 0.6) is 0 Å². The maximum absolute atomic E-state index is 4.82. The summed E-state index contributed by atoms with van der Waals surface area (Å²) in [5, 5.41) is 8.23. The van der Waals surface area contributed by atoms with Gasteiger partial charge in [0.1, 0.15) is 0 Å². The average Bonchev–Trinajstić information content (AvgIpc) is 2.93. The van der Waals surface area contributed by atoms with Crippen molar-refractivity contribution in [2.45, 2.75) is 32.2 Å².